The number of ether oxygens (including phenoxy) is 1. The lowest BCUT2D eigenvalue weighted by Crippen LogP contribution is -2.39. The molecule has 0 saturated heterocycles. The fourth-order valence-corrected chi connectivity index (χ4v) is 2.35. The van der Waals surface area contributed by atoms with Gasteiger partial charge in [-0.2, -0.15) is 0 Å². The first-order valence-electron chi connectivity index (χ1n) is 7.17. The standard InChI is InChI=1S/C16H25BrN2O2.ClH/c1-16(2,11-18)12-19(3)15(20)9-6-10-21-14-8-5-4-7-13(14)17;/h4-5,7-8H,6,9-12,18H2,1-3H3;1H. The number of benzene rings is 1. The molecule has 1 amide bonds. The molecule has 0 bridgehead atoms. The molecule has 0 radical (unpaired) electrons. The van der Waals surface area contributed by atoms with E-state index in [1.807, 2.05) is 31.3 Å². The molecule has 1 aromatic carbocycles. The first kappa shape index (κ1) is 21.2. The van der Waals surface area contributed by atoms with Gasteiger partial charge in [0.15, 0.2) is 0 Å². The van der Waals surface area contributed by atoms with Crippen molar-refractivity contribution in [2.45, 2.75) is 26.7 Å². The van der Waals surface area contributed by atoms with Crippen molar-refractivity contribution < 1.29 is 9.53 Å². The maximum atomic E-state index is 12.0. The molecule has 6 heteroatoms. The van der Waals surface area contributed by atoms with E-state index in [4.69, 9.17) is 10.5 Å². The number of hydrogen-bond donors (Lipinski definition) is 1. The van der Waals surface area contributed by atoms with Crippen molar-refractivity contribution in [3.63, 3.8) is 0 Å². The number of nitrogens with two attached hydrogens (primary N) is 1. The van der Waals surface area contributed by atoms with Crippen LogP contribution in [0.1, 0.15) is 26.7 Å². The summed E-state index contributed by atoms with van der Waals surface area (Å²) in [5.41, 5.74) is 5.65. The topological polar surface area (TPSA) is 55.6 Å². The van der Waals surface area contributed by atoms with Crippen molar-refractivity contribution in [2.24, 2.45) is 11.1 Å². The van der Waals surface area contributed by atoms with Gasteiger partial charge in [-0.25, -0.2) is 0 Å². The first-order valence-corrected chi connectivity index (χ1v) is 7.96. The van der Waals surface area contributed by atoms with Gasteiger partial charge in [-0.05, 0) is 46.4 Å². The molecule has 0 aromatic heterocycles. The summed E-state index contributed by atoms with van der Waals surface area (Å²) in [7, 11) is 1.83. The highest BCUT2D eigenvalue weighted by Gasteiger charge is 2.20. The lowest BCUT2D eigenvalue weighted by atomic mass is 9.93. The minimum absolute atomic E-state index is 0. The lowest BCUT2D eigenvalue weighted by Gasteiger charge is -2.29. The summed E-state index contributed by atoms with van der Waals surface area (Å²) in [6.45, 7) is 5.89. The van der Waals surface area contributed by atoms with Crippen LogP contribution < -0.4 is 10.5 Å². The Labute approximate surface area is 147 Å². The zero-order valence-corrected chi connectivity index (χ0v) is 15.9. The Kier molecular flexibility index (Phi) is 9.72. The third kappa shape index (κ3) is 7.47. The molecule has 0 unspecified atom stereocenters. The second kappa shape index (κ2) is 10.1. The van der Waals surface area contributed by atoms with Crippen molar-refractivity contribution in [3.8, 4) is 5.75 Å². The second-order valence-electron chi connectivity index (χ2n) is 6.00. The summed E-state index contributed by atoms with van der Waals surface area (Å²) in [4.78, 5) is 13.8. The van der Waals surface area contributed by atoms with E-state index in [-0.39, 0.29) is 23.7 Å². The molecule has 0 atom stereocenters. The van der Waals surface area contributed by atoms with Gasteiger partial charge in [0.05, 0.1) is 11.1 Å². The Hall–Kier alpha value is -0.780. The molecule has 0 aliphatic rings. The molecular weight excluding hydrogens is 368 g/mol. The Balaban J connectivity index is 0.00000441. The Morgan fingerprint density at radius 2 is 2.00 bits per heavy atom. The SMILES string of the molecule is CN(CC(C)(C)CN)C(=O)CCCOc1ccccc1Br.Cl. The summed E-state index contributed by atoms with van der Waals surface area (Å²) in [5, 5.41) is 0. The largest absolute Gasteiger partial charge is 0.492 e. The molecule has 0 fully saturated rings. The Morgan fingerprint density at radius 1 is 1.36 bits per heavy atom. The molecule has 0 aliphatic heterocycles. The van der Waals surface area contributed by atoms with E-state index < -0.39 is 0 Å². The normalized spacial score (nSPS) is 10.8. The van der Waals surface area contributed by atoms with Crippen LogP contribution in [0, 0.1) is 5.41 Å². The number of amides is 1. The minimum Gasteiger partial charge on any atom is -0.492 e. The van der Waals surface area contributed by atoms with Crippen LogP contribution in [-0.4, -0.2) is 37.6 Å². The van der Waals surface area contributed by atoms with Crippen molar-refractivity contribution in [3.05, 3.63) is 28.7 Å². The lowest BCUT2D eigenvalue weighted by molar-refractivity contribution is -0.131. The minimum atomic E-state index is -0.0458. The molecule has 4 nitrogen and oxygen atoms in total. The van der Waals surface area contributed by atoms with Crippen LogP contribution in [0.2, 0.25) is 0 Å². The molecule has 1 rings (SSSR count). The summed E-state index contributed by atoms with van der Waals surface area (Å²) in [6, 6.07) is 7.70. The van der Waals surface area contributed by atoms with Crippen molar-refractivity contribution in [1.82, 2.24) is 4.90 Å². The van der Waals surface area contributed by atoms with Gasteiger partial charge in [-0.1, -0.05) is 26.0 Å². The van der Waals surface area contributed by atoms with Crippen LogP contribution in [0.15, 0.2) is 28.7 Å². The zero-order chi connectivity index (χ0) is 15.9. The predicted molar refractivity (Wildman–Crippen MR) is 96.6 cm³/mol. The Bertz CT molecular complexity index is 469. The van der Waals surface area contributed by atoms with Crippen molar-refractivity contribution >= 4 is 34.2 Å². The number of para-hydroxylation sites is 1. The zero-order valence-electron chi connectivity index (χ0n) is 13.5. The van der Waals surface area contributed by atoms with Crippen LogP contribution in [0.5, 0.6) is 5.75 Å². The predicted octanol–water partition coefficient (Wildman–Crippen LogP) is 3.47. The third-order valence-corrected chi connectivity index (χ3v) is 3.93. The molecule has 22 heavy (non-hydrogen) atoms. The quantitative estimate of drug-likeness (QED) is 0.688. The van der Waals surface area contributed by atoms with Gasteiger partial charge in [0.25, 0.3) is 0 Å². The first-order chi connectivity index (χ1) is 9.85. The molecule has 1 aromatic rings. The monoisotopic (exact) mass is 392 g/mol. The molecule has 0 saturated carbocycles. The van der Waals surface area contributed by atoms with E-state index >= 15 is 0 Å². The van der Waals surface area contributed by atoms with Crippen LogP contribution >= 0.6 is 28.3 Å². The number of halogens is 2. The van der Waals surface area contributed by atoms with Gasteiger partial charge in [0.2, 0.25) is 5.91 Å². The highest BCUT2D eigenvalue weighted by Crippen LogP contribution is 2.23. The number of carbonyl (C=O) groups is 1. The maximum Gasteiger partial charge on any atom is 0.222 e. The third-order valence-electron chi connectivity index (χ3n) is 3.27. The van der Waals surface area contributed by atoms with Gasteiger partial charge >= 0.3 is 0 Å². The van der Waals surface area contributed by atoms with Crippen LogP contribution in [0.4, 0.5) is 0 Å². The number of hydrogen-bond acceptors (Lipinski definition) is 3. The summed E-state index contributed by atoms with van der Waals surface area (Å²) >= 11 is 3.43. The van der Waals surface area contributed by atoms with E-state index in [1.165, 1.54) is 0 Å². The van der Waals surface area contributed by atoms with Crippen molar-refractivity contribution in [2.75, 3.05) is 26.7 Å². The molecule has 126 valence electrons. The second-order valence-corrected chi connectivity index (χ2v) is 6.85. The number of carbonyl (C=O) groups excluding carboxylic acids is 1. The highest BCUT2D eigenvalue weighted by molar-refractivity contribution is 9.10. The van der Waals surface area contributed by atoms with E-state index in [0.717, 1.165) is 10.2 Å². The summed E-state index contributed by atoms with van der Waals surface area (Å²) < 4.78 is 6.58. The van der Waals surface area contributed by atoms with Crippen LogP contribution in [0.25, 0.3) is 0 Å². The Morgan fingerprint density at radius 3 is 2.59 bits per heavy atom. The van der Waals surface area contributed by atoms with E-state index in [1.54, 1.807) is 4.90 Å². The molecular formula is C16H26BrClN2O2. The van der Waals surface area contributed by atoms with E-state index in [0.29, 0.717) is 32.5 Å². The van der Waals surface area contributed by atoms with Gasteiger partial charge in [0.1, 0.15) is 5.75 Å². The fraction of sp³-hybridized carbons (Fsp3) is 0.562. The van der Waals surface area contributed by atoms with E-state index in [9.17, 15) is 4.79 Å². The average Bonchev–Trinajstić information content (AvgIpc) is 2.44. The number of rotatable bonds is 8. The van der Waals surface area contributed by atoms with E-state index in [2.05, 4.69) is 29.8 Å². The molecule has 0 aliphatic carbocycles. The van der Waals surface area contributed by atoms with Gasteiger partial charge in [-0.3, -0.25) is 4.79 Å². The fourth-order valence-electron chi connectivity index (χ4n) is 1.95. The summed E-state index contributed by atoms with van der Waals surface area (Å²) in [6.07, 6.45) is 1.19. The van der Waals surface area contributed by atoms with Crippen LogP contribution in [-0.2, 0) is 4.79 Å². The smallest absolute Gasteiger partial charge is 0.222 e. The van der Waals surface area contributed by atoms with Gasteiger partial charge in [-0.15, -0.1) is 12.4 Å². The maximum absolute atomic E-state index is 12.0. The molecule has 0 spiro atoms. The van der Waals surface area contributed by atoms with Gasteiger partial charge < -0.3 is 15.4 Å². The van der Waals surface area contributed by atoms with Crippen LogP contribution in [0.3, 0.4) is 0 Å². The van der Waals surface area contributed by atoms with Gasteiger partial charge in [0, 0.05) is 20.0 Å². The highest BCUT2D eigenvalue weighted by atomic mass is 79.9. The summed E-state index contributed by atoms with van der Waals surface area (Å²) in [5.74, 6) is 0.940. The average molecular weight is 394 g/mol. The molecule has 0 heterocycles. The molecule has 2 N–H and O–H groups in total. The number of nitrogens with zero attached hydrogens (tertiary/aromatic N) is 1. The van der Waals surface area contributed by atoms with Crippen molar-refractivity contribution in [1.29, 1.82) is 0 Å².